The van der Waals surface area contributed by atoms with Gasteiger partial charge in [0.15, 0.2) is 0 Å². The number of carboxylic acids is 9. The molecule has 0 aliphatic heterocycles. The molecule has 0 heterocycles. The fourth-order valence-electron chi connectivity index (χ4n) is 7.84. The van der Waals surface area contributed by atoms with Crippen LogP contribution in [0.25, 0.3) is 0 Å². The maximum Gasteiger partial charge on any atom is 0.305 e. The van der Waals surface area contributed by atoms with Crippen molar-refractivity contribution in [2.24, 2.45) is 0 Å². The smallest absolute Gasteiger partial charge is 0.305 e. The van der Waals surface area contributed by atoms with Gasteiger partial charge in [0.2, 0.25) is 23.6 Å². The highest BCUT2D eigenvalue weighted by atomic mass is 16.5. The van der Waals surface area contributed by atoms with E-state index in [9.17, 15) is 108 Å². The predicted molar refractivity (Wildman–Crippen MR) is 317 cm³/mol. The summed E-state index contributed by atoms with van der Waals surface area (Å²) >= 11 is 0. The summed E-state index contributed by atoms with van der Waals surface area (Å²) in [5, 5.41) is 93.7. The number of rotatable bonds is 67. The molecule has 4 amide bonds. The van der Waals surface area contributed by atoms with Gasteiger partial charge in [-0.3, -0.25) is 62.3 Å². The van der Waals surface area contributed by atoms with E-state index in [1.807, 2.05) is 0 Å². The van der Waals surface area contributed by atoms with Gasteiger partial charge in [-0.2, -0.15) is 0 Å². The van der Waals surface area contributed by atoms with Gasteiger partial charge in [-0.1, -0.05) is 13.3 Å². The zero-order valence-electron chi connectivity index (χ0n) is 53.3. The largest absolute Gasteiger partial charge is 0.481 e. The average molecular weight is 1380 g/mol. The zero-order chi connectivity index (χ0) is 71.4. The third kappa shape index (κ3) is 48.9. The van der Waals surface area contributed by atoms with Gasteiger partial charge in [-0.15, -0.1) is 0 Å². The van der Waals surface area contributed by atoms with Gasteiger partial charge in [0.1, 0.15) is 22.2 Å². The molecule has 0 radical (unpaired) electrons. The van der Waals surface area contributed by atoms with Crippen molar-refractivity contribution in [1.82, 2.24) is 21.3 Å². The van der Waals surface area contributed by atoms with Gasteiger partial charge in [0.25, 0.3) is 0 Å². The molecule has 0 spiro atoms. The molecule has 0 aromatic rings. The van der Waals surface area contributed by atoms with E-state index in [0.29, 0.717) is 12.8 Å². The van der Waals surface area contributed by atoms with Crippen molar-refractivity contribution in [2.75, 3.05) is 159 Å². The molecule has 13 N–H and O–H groups in total. The Hall–Kier alpha value is -7.37. The monoisotopic (exact) mass is 1380 g/mol. The Bertz CT molecular complexity index is 1950. The van der Waals surface area contributed by atoms with Crippen molar-refractivity contribution < 1.29 is 165 Å². The molecule has 95 heavy (non-hydrogen) atoms. The fraction of sp³-hybridized carbons (Fsp3) is 0.772. The fourth-order valence-corrected chi connectivity index (χ4v) is 7.84. The van der Waals surface area contributed by atoms with Gasteiger partial charge < -0.3 is 124 Å². The van der Waals surface area contributed by atoms with Crippen LogP contribution in [0.5, 0.6) is 0 Å². The van der Waals surface area contributed by atoms with Crippen molar-refractivity contribution in [2.45, 2.75) is 125 Å². The minimum absolute atomic E-state index is 0.0649. The lowest BCUT2D eigenvalue weighted by atomic mass is 10.0. The molecule has 0 atom stereocenters. The lowest BCUT2D eigenvalue weighted by Crippen LogP contribution is -2.60. The molecular weight excluding hydrogens is 1280 g/mol. The lowest BCUT2D eigenvalue weighted by molar-refractivity contribution is -0.142. The van der Waals surface area contributed by atoms with E-state index in [2.05, 4.69) is 21.3 Å². The summed E-state index contributed by atoms with van der Waals surface area (Å²) in [6.07, 6.45) is -4.84. The summed E-state index contributed by atoms with van der Waals surface area (Å²) in [5.41, 5.74) is -6.79. The Morgan fingerprint density at radius 2 is 0.347 bits per heavy atom. The quantitative estimate of drug-likeness (QED) is 0.0300. The average Bonchev–Trinajstić information content (AvgIpc) is 1.50. The molecule has 0 rings (SSSR count). The normalized spacial score (nSPS) is 11.8. The first-order chi connectivity index (χ1) is 45.0. The molecule has 0 bridgehead atoms. The number of nitrogens with one attached hydrogen (secondary N) is 4. The predicted octanol–water partition coefficient (Wildman–Crippen LogP) is -1.76. The van der Waals surface area contributed by atoms with Gasteiger partial charge in [-0.25, -0.2) is 0 Å². The van der Waals surface area contributed by atoms with E-state index in [1.54, 1.807) is 6.92 Å². The number of unbranched alkanes of at least 4 members (excludes halogenated alkanes) is 1. The Kier molecular flexibility index (Phi) is 47.9. The third-order valence-electron chi connectivity index (χ3n) is 12.5. The van der Waals surface area contributed by atoms with Crippen molar-refractivity contribution in [3.8, 4) is 0 Å². The molecule has 38 nitrogen and oxygen atoms in total. The number of ether oxygens (including phenoxy) is 12. The van der Waals surface area contributed by atoms with E-state index in [-0.39, 0.29) is 65.9 Å². The summed E-state index contributed by atoms with van der Waals surface area (Å²) in [6.45, 7) is -8.79. The van der Waals surface area contributed by atoms with Crippen LogP contribution in [0.1, 0.15) is 103 Å². The maximum absolute atomic E-state index is 13.8. The van der Waals surface area contributed by atoms with E-state index >= 15 is 0 Å². The Morgan fingerprint density at radius 1 is 0.221 bits per heavy atom. The number of aliphatic carboxylic acids is 9. The van der Waals surface area contributed by atoms with Crippen LogP contribution in [0.3, 0.4) is 0 Å². The van der Waals surface area contributed by atoms with Crippen molar-refractivity contribution >= 4 is 77.4 Å². The Labute approximate surface area is 546 Å². The van der Waals surface area contributed by atoms with Gasteiger partial charge in [-0.05, 0) is 6.42 Å². The van der Waals surface area contributed by atoms with Crippen molar-refractivity contribution in [1.29, 1.82) is 0 Å². The summed E-state index contributed by atoms with van der Waals surface area (Å²) in [4.78, 5) is 157. The zero-order valence-corrected chi connectivity index (χ0v) is 53.3. The van der Waals surface area contributed by atoms with E-state index in [0.717, 1.165) is 0 Å². The highest BCUT2D eigenvalue weighted by Gasteiger charge is 2.39. The molecule has 0 aromatic heterocycles. The molecule has 0 fully saturated rings. The van der Waals surface area contributed by atoms with Crippen LogP contribution in [-0.4, -0.2) is 304 Å². The highest BCUT2D eigenvalue weighted by Crippen LogP contribution is 2.17. The van der Waals surface area contributed by atoms with E-state index in [1.165, 1.54) is 0 Å². The summed E-state index contributed by atoms with van der Waals surface area (Å²) < 4.78 is 68.1. The van der Waals surface area contributed by atoms with Crippen molar-refractivity contribution in [3.05, 3.63) is 0 Å². The first-order valence-corrected chi connectivity index (χ1v) is 30.1. The molecular formula is C57H94N4O34. The molecule has 38 heteroatoms. The van der Waals surface area contributed by atoms with Crippen LogP contribution in [0.2, 0.25) is 0 Å². The molecule has 0 aliphatic carbocycles. The second kappa shape index (κ2) is 51.9. The number of carbonyl (C=O) groups is 13. The number of hydrogen-bond acceptors (Lipinski definition) is 25. The van der Waals surface area contributed by atoms with Crippen LogP contribution in [0, 0.1) is 0 Å². The van der Waals surface area contributed by atoms with Gasteiger partial charge in [0.05, 0.1) is 216 Å². The molecule has 0 aromatic carbocycles. The molecule has 0 aliphatic rings. The molecule has 0 saturated heterocycles. The van der Waals surface area contributed by atoms with Crippen molar-refractivity contribution in [3.63, 3.8) is 0 Å². The highest BCUT2D eigenvalue weighted by molar-refractivity contribution is 5.79. The summed E-state index contributed by atoms with van der Waals surface area (Å²) in [7, 11) is 0. The maximum atomic E-state index is 13.8. The minimum Gasteiger partial charge on any atom is -0.481 e. The summed E-state index contributed by atoms with van der Waals surface area (Å²) in [6, 6.07) is 0. The Balaban J connectivity index is 7.34. The number of amides is 4. The van der Waals surface area contributed by atoms with Crippen LogP contribution in [0.4, 0.5) is 0 Å². The number of carboxylic acid groups (broad SMARTS) is 9. The lowest BCUT2D eigenvalue weighted by Gasteiger charge is -2.35. The molecule has 0 unspecified atom stereocenters. The second-order valence-electron chi connectivity index (χ2n) is 21.6. The second-order valence-corrected chi connectivity index (χ2v) is 21.6. The van der Waals surface area contributed by atoms with Crippen LogP contribution in [-0.2, 0) is 119 Å². The molecule has 0 saturated carbocycles. The molecule has 546 valence electrons. The topological polar surface area (TPSA) is 563 Å². The first kappa shape index (κ1) is 87.6. The standard InChI is InChI=1S/C57H94N4O34/c1-2-3-4-41(62)58-54(29-84-17-5-42(63)59-55(32-87-20-8-45(66)67,33-88-21-9-46(68)69)34-89-22-10-47(70)71,30-85-18-6-43(64)60-56(35-90-23-11-48(72)73,36-91-24-12-49(74)75)37-92-25-13-50(76)77)31-86-19-7-44(65)61-57(38-93-26-14-51(78)79,39-94-27-15-52(80)81)40-95-28-16-53(82)83/h2-40H2,1H3,(H,58,62)(H,59,63)(H,60,64)(H,61,65)(H,66,67)(H,68,69)(H,70,71)(H,72,73)(H,74,75)(H,76,77)(H,78,79)(H,80,81)(H,82,83). The van der Waals surface area contributed by atoms with E-state index in [4.69, 9.17) is 56.8 Å². The van der Waals surface area contributed by atoms with Crippen LogP contribution < -0.4 is 21.3 Å². The summed E-state index contributed by atoms with van der Waals surface area (Å²) in [5.74, 6) is -14.0. The van der Waals surface area contributed by atoms with E-state index < -0.39 is 276 Å². The Morgan fingerprint density at radius 3 is 0.474 bits per heavy atom. The van der Waals surface area contributed by atoms with Gasteiger partial charge in [0, 0.05) is 25.7 Å². The van der Waals surface area contributed by atoms with Crippen LogP contribution in [0.15, 0.2) is 0 Å². The third-order valence-corrected chi connectivity index (χ3v) is 12.5. The minimum atomic E-state index is -1.76. The van der Waals surface area contributed by atoms with Crippen LogP contribution >= 0.6 is 0 Å². The number of hydrogen-bond donors (Lipinski definition) is 13. The SMILES string of the molecule is CCCCC(=O)NC(COCCC(=O)NC(COCCC(=O)O)(COCCC(=O)O)COCCC(=O)O)(COCCC(=O)NC(COCCC(=O)O)(COCCC(=O)O)COCCC(=O)O)COCCC(=O)NC(COCCC(=O)O)(COCCC(=O)O)COCCC(=O)O. The number of carbonyl (C=O) groups excluding carboxylic acids is 4. The first-order valence-electron chi connectivity index (χ1n) is 30.1. The van der Waals surface area contributed by atoms with Gasteiger partial charge >= 0.3 is 53.7 Å².